The number of hydrogen-bond donors (Lipinski definition) is 0. The summed E-state index contributed by atoms with van der Waals surface area (Å²) in [6, 6.07) is 11.9. The summed E-state index contributed by atoms with van der Waals surface area (Å²) in [5.74, 6) is -3.81. The second-order valence-electron chi connectivity index (χ2n) is 9.50. The van der Waals surface area contributed by atoms with Crippen molar-refractivity contribution in [1.82, 2.24) is 9.96 Å². The molecular formula is C28H22F6N2O5. The molecule has 4 rings (SSSR count). The van der Waals surface area contributed by atoms with E-state index >= 15 is 0 Å². The number of hydrogen-bond acceptors (Lipinski definition) is 5. The molecule has 0 aromatic heterocycles. The molecule has 1 fully saturated rings. The number of rotatable bonds is 7. The molecule has 1 saturated heterocycles. The molecule has 0 spiro atoms. The summed E-state index contributed by atoms with van der Waals surface area (Å²) < 4.78 is 80.3. The third-order valence-electron chi connectivity index (χ3n) is 6.59. The first-order valence-corrected chi connectivity index (χ1v) is 12.2. The molecule has 0 aliphatic carbocycles. The molecule has 3 aromatic carbocycles. The molecule has 3 amide bonds. The van der Waals surface area contributed by atoms with Crippen molar-refractivity contribution in [1.29, 1.82) is 0 Å². The van der Waals surface area contributed by atoms with Gasteiger partial charge in [-0.1, -0.05) is 42.5 Å². The van der Waals surface area contributed by atoms with Crippen molar-refractivity contribution in [3.8, 4) is 0 Å². The minimum atomic E-state index is -5.17. The number of carbonyl (C=O) groups excluding carboxylic acids is 4. The quantitative estimate of drug-likeness (QED) is 0.270. The molecule has 1 aliphatic heterocycles. The molecule has 1 atom stereocenters. The predicted molar refractivity (Wildman–Crippen MR) is 132 cm³/mol. The van der Waals surface area contributed by atoms with Crippen LogP contribution in [0.5, 0.6) is 0 Å². The zero-order chi connectivity index (χ0) is 30.1. The Kier molecular flexibility index (Phi) is 8.09. The van der Waals surface area contributed by atoms with Crippen LogP contribution in [0.4, 0.5) is 26.3 Å². The van der Waals surface area contributed by atoms with Crippen LogP contribution in [0, 0.1) is 0 Å². The lowest BCUT2D eigenvalue weighted by Gasteiger charge is -2.29. The lowest BCUT2D eigenvalue weighted by molar-refractivity contribution is -0.198. The molecule has 1 aliphatic rings. The second kappa shape index (κ2) is 11.2. The third kappa shape index (κ3) is 6.84. The predicted octanol–water partition coefficient (Wildman–Crippen LogP) is 5.56. The Morgan fingerprint density at radius 3 is 1.98 bits per heavy atom. The largest absolute Gasteiger partial charge is 0.416 e. The van der Waals surface area contributed by atoms with Crippen LogP contribution in [-0.2, 0) is 38.0 Å². The number of fused-ring (bicyclic) bond motifs is 1. The molecule has 3 aromatic rings. The number of imide groups is 1. The van der Waals surface area contributed by atoms with Gasteiger partial charge in [0.05, 0.1) is 17.5 Å². The minimum absolute atomic E-state index is 0.0604. The van der Waals surface area contributed by atoms with E-state index in [1.54, 1.807) is 24.3 Å². The Labute approximate surface area is 229 Å². The number of carbonyl (C=O) groups is 4. The lowest BCUT2D eigenvalue weighted by Crippen LogP contribution is -2.42. The van der Waals surface area contributed by atoms with Crippen molar-refractivity contribution in [2.24, 2.45) is 0 Å². The zero-order valence-corrected chi connectivity index (χ0v) is 21.4. The molecule has 7 nitrogen and oxygen atoms in total. The van der Waals surface area contributed by atoms with Crippen molar-refractivity contribution in [2.75, 3.05) is 7.05 Å². The van der Waals surface area contributed by atoms with Crippen LogP contribution in [0.25, 0.3) is 10.8 Å². The highest BCUT2D eigenvalue weighted by Crippen LogP contribution is 2.36. The zero-order valence-electron chi connectivity index (χ0n) is 21.4. The van der Waals surface area contributed by atoms with E-state index < -0.39 is 65.2 Å². The fourth-order valence-corrected chi connectivity index (χ4v) is 4.42. The number of hydroxylamine groups is 2. The fraction of sp³-hybridized carbons (Fsp3) is 0.286. The average molecular weight is 580 g/mol. The van der Waals surface area contributed by atoms with Crippen LogP contribution < -0.4 is 0 Å². The molecule has 13 heteroatoms. The van der Waals surface area contributed by atoms with E-state index in [-0.39, 0.29) is 25.3 Å². The van der Waals surface area contributed by atoms with E-state index in [9.17, 15) is 45.5 Å². The highest BCUT2D eigenvalue weighted by atomic mass is 19.4. The van der Waals surface area contributed by atoms with E-state index in [1.807, 2.05) is 18.2 Å². The van der Waals surface area contributed by atoms with Crippen LogP contribution >= 0.6 is 0 Å². The van der Waals surface area contributed by atoms with Gasteiger partial charge in [0, 0.05) is 31.5 Å². The normalized spacial score (nSPS) is 14.9. The molecule has 0 saturated carbocycles. The Balaban J connectivity index is 1.67. The Hall–Kier alpha value is -4.42. The number of halogens is 6. The van der Waals surface area contributed by atoms with Gasteiger partial charge in [-0.05, 0) is 41.0 Å². The Bertz CT molecular complexity index is 1470. The fourth-order valence-electron chi connectivity index (χ4n) is 4.42. The summed E-state index contributed by atoms with van der Waals surface area (Å²) in [6.07, 6.45) is -11.4. The van der Waals surface area contributed by atoms with E-state index in [2.05, 4.69) is 0 Å². The van der Waals surface area contributed by atoms with E-state index in [0.717, 1.165) is 22.7 Å². The lowest BCUT2D eigenvalue weighted by atomic mass is 9.98. The molecule has 0 radical (unpaired) electrons. The smallest absolute Gasteiger partial charge is 0.338 e. The Morgan fingerprint density at radius 1 is 0.854 bits per heavy atom. The number of benzene rings is 3. The van der Waals surface area contributed by atoms with Crippen LogP contribution in [-0.4, -0.2) is 46.7 Å². The SMILES string of the molecule is CN(C(=O)c1cc(C(F)(F)F)cc(C(F)(F)F)c1)C(CC(=O)ON1C(=O)CCC1=O)Cc1ccc2ccccc2c1. The molecule has 0 N–H and O–H groups in total. The van der Waals surface area contributed by atoms with Crippen LogP contribution in [0.3, 0.4) is 0 Å². The summed E-state index contributed by atoms with van der Waals surface area (Å²) in [4.78, 5) is 55.5. The van der Waals surface area contributed by atoms with E-state index in [1.165, 1.54) is 0 Å². The standard InChI is InChI=1S/C28H22F6N2O5/c1-35(26(40)19-12-20(27(29,30)31)14-21(13-19)28(32,33)34)22(15-25(39)41-36-23(37)8-9-24(36)38)11-16-6-7-17-4-2-3-5-18(17)10-16/h2-7,10,12-14,22H,8-9,11,15H2,1H3. The molecular weight excluding hydrogens is 558 g/mol. The van der Waals surface area contributed by atoms with Gasteiger partial charge >= 0.3 is 18.3 Å². The van der Waals surface area contributed by atoms with Gasteiger partial charge in [-0.3, -0.25) is 14.4 Å². The van der Waals surface area contributed by atoms with Gasteiger partial charge < -0.3 is 9.74 Å². The van der Waals surface area contributed by atoms with Crippen molar-refractivity contribution in [3.05, 3.63) is 82.9 Å². The third-order valence-corrected chi connectivity index (χ3v) is 6.59. The van der Waals surface area contributed by atoms with Gasteiger partial charge in [0.2, 0.25) is 0 Å². The van der Waals surface area contributed by atoms with Gasteiger partial charge in [-0.2, -0.15) is 26.3 Å². The maximum absolute atomic E-state index is 13.4. The number of likely N-dealkylation sites (N-methyl/N-ethyl adjacent to an activating group) is 1. The molecule has 0 bridgehead atoms. The van der Waals surface area contributed by atoms with Gasteiger partial charge in [0.15, 0.2) is 0 Å². The van der Waals surface area contributed by atoms with Crippen molar-refractivity contribution >= 4 is 34.5 Å². The topological polar surface area (TPSA) is 84.0 Å². The maximum atomic E-state index is 13.4. The maximum Gasteiger partial charge on any atom is 0.416 e. The summed E-state index contributed by atoms with van der Waals surface area (Å²) in [6.45, 7) is 0. The highest BCUT2D eigenvalue weighted by Gasteiger charge is 2.39. The van der Waals surface area contributed by atoms with Gasteiger partial charge in [0.25, 0.3) is 17.7 Å². The first-order chi connectivity index (χ1) is 19.1. The van der Waals surface area contributed by atoms with E-state index in [0.29, 0.717) is 22.8 Å². The molecule has 1 heterocycles. The minimum Gasteiger partial charge on any atom is -0.338 e. The number of nitrogens with zero attached hydrogens (tertiary/aromatic N) is 2. The van der Waals surface area contributed by atoms with Crippen molar-refractivity contribution in [2.45, 2.75) is 44.1 Å². The number of alkyl halides is 6. The van der Waals surface area contributed by atoms with Crippen molar-refractivity contribution in [3.63, 3.8) is 0 Å². The van der Waals surface area contributed by atoms with Crippen molar-refractivity contribution < 1.29 is 50.4 Å². The summed E-state index contributed by atoms with van der Waals surface area (Å²) >= 11 is 0. The summed E-state index contributed by atoms with van der Waals surface area (Å²) in [7, 11) is 1.13. The first kappa shape index (κ1) is 29.6. The van der Waals surface area contributed by atoms with Gasteiger partial charge in [0.1, 0.15) is 0 Å². The molecule has 216 valence electrons. The number of amides is 3. The summed E-state index contributed by atoms with van der Waals surface area (Å²) in [5, 5.41) is 1.99. The van der Waals surface area contributed by atoms with Gasteiger partial charge in [-0.25, -0.2) is 4.79 Å². The highest BCUT2D eigenvalue weighted by molar-refractivity contribution is 6.01. The van der Waals surface area contributed by atoms with E-state index in [4.69, 9.17) is 4.84 Å². The van der Waals surface area contributed by atoms with Crippen LogP contribution in [0.15, 0.2) is 60.7 Å². The molecule has 1 unspecified atom stereocenters. The average Bonchev–Trinajstić information content (AvgIpc) is 3.22. The second-order valence-corrected chi connectivity index (χ2v) is 9.50. The van der Waals surface area contributed by atoms with Crippen LogP contribution in [0.1, 0.15) is 46.3 Å². The molecule has 41 heavy (non-hydrogen) atoms. The van der Waals surface area contributed by atoms with Gasteiger partial charge in [-0.15, -0.1) is 5.06 Å². The first-order valence-electron chi connectivity index (χ1n) is 12.2. The monoisotopic (exact) mass is 580 g/mol. The Morgan fingerprint density at radius 2 is 1.41 bits per heavy atom. The summed E-state index contributed by atoms with van der Waals surface area (Å²) in [5.41, 5.74) is -3.63. The van der Waals surface area contributed by atoms with Crippen LogP contribution in [0.2, 0.25) is 0 Å².